The first-order valence-corrected chi connectivity index (χ1v) is 10.5. The van der Waals surface area contributed by atoms with Crippen LogP contribution in [0.25, 0.3) is 0 Å². The summed E-state index contributed by atoms with van der Waals surface area (Å²) >= 11 is 0. The molecule has 0 spiro atoms. The molecule has 0 amide bonds. The summed E-state index contributed by atoms with van der Waals surface area (Å²) in [6.07, 6.45) is 0.660. The second-order valence-corrected chi connectivity index (χ2v) is 8.74. The lowest BCUT2D eigenvalue weighted by atomic mass is 10.2. The Balaban J connectivity index is 1.80. The van der Waals surface area contributed by atoms with Crippen LogP contribution in [0.3, 0.4) is 0 Å². The molecule has 0 atom stereocenters. The van der Waals surface area contributed by atoms with Crippen LogP contribution in [0.5, 0.6) is 0 Å². The Kier molecular flexibility index (Phi) is 5.61. The lowest BCUT2D eigenvalue weighted by Crippen LogP contribution is -2.35. The number of rotatable bonds is 4. The van der Waals surface area contributed by atoms with Crippen molar-refractivity contribution in [2.45, 2.75) is 32.1 Å². The highest BCUT2D eigenvalue weighted by molar-refractivity contribution is 7.89. The zero-order chi connectivity index (χ0) is 20.5. The van der Waals surface area contributed by atoms with E-state index in [1.165, 1.54) is 28.6 Å². The SMILES string of the molecule is Cc1nc(C)c(C)c(N2CCCN(S(=O)(=O)c3ccc([N+](=O)[O-])cc3)CC2)n1. The van der Waals surface area contributed by atoms with Crippen molar-refractivity contribution >= 4 is 21.5 Å². The Labute approximate surface area is 164 Å². The lowest BCUT2D eigenvalue weighted by molar-refractivity contribution is -0.384. The van der Waals surface area contributed by atoms with Crippen molar-refractivity contribution in [3.63, 3.8) is 0 Å². The first kappa shape index (κ1) is 20.2. The molecule has 28 heavy (non-hydrogen) atoms. The molecule has 1 fully saturated rings. The van der Waals surface area contributed by atoms with Crippen LogP contribution in [0, 0.1) is 30.9 Å². The van der Waals surface area contributed by atoms with Gasteiger partial charge >= 0.3 is 0 Å². The van der Waals surface area contributed by atoms with Gasteiger partial charge in [-0.3, -0.25) is 10.1 Å². The number of sulfonamides is 1. The number of hydrogen-bond donors (Lipinski definition) is 0. The third kappa shape index (κ3) is 3.97. The molecule has 1 aliphatic heterocycles. The van der Waals surface area contributed by atoms with Gasteiger partial charge in [-0.25, -0.2) is 18.4 Å². The van der Waals surface area contributed by atoms with E-state index in [0.717, 1.165) is 17.1 Å². The van der Waals surface area contributed by atoms with Gasteiger partial charge in [-0.05, 0) is 39.3 Å². The molecular formula is C18H23N5O4S. The van der Waals surface area contributed by atoms with Gasteiger partial charge in [-0.1, -0.05) is 0 Å². The highest BCUT2D eigenvalue weighted by Crippen LogP contribution is 2.24. The predicted octanol–water partition coefficient (Wildman–Crippen LogP) is 2.21. The van der Waals surface area contributed by atoms with Crippen LogP contribution in [0.4, 0.5) is 11.5 Å². The zero-order valence-electron chi connectivity index (χ0n) is 16.1. The van der Waals surface area contributed by atoms with Gasteiger partial charge < -0.3 is 4.90 Å². The lowest BCUT2D eigenvalue weighted by Gasteiger charge is -2.24. The molecule has 2 heterocycles. The summed E-state index contributed by atoms with van der Waals surface area (Å²) in [5.41, 5.74) is 1.78. The van der Waals surface area contributed by atoms with Gasteiger partial charge in [0.25, 0.3) is 5.69 Å². The summed E-state index contributed by atoms with van der Waals surface area (Å²) < 4.78 is 27.3. The van der Waals surface area contributed by atoms with Gasteiger partial charge in [0.15, 0.2) is 0 Å². The van der Waals surface area contributed by atoms with Crippen LogP contribution in [0.1, 0.15) is 23.5 Å². The Hall–Kier alpha value is -2.59. The molecule has 1 aromatic carbocycles. The molecule has 3 rings (SSSR count). The van der Waals surface area contributed by atoms with Crippen LogP contribution in [-0.2, 0) is 10.0 Å². The first-order chi connectivity index (χ1) is 13.2. The molecule has 0 saturated carbocycles. The van der Waals surface area contributed by atoms with E-state index in [1.807, 2.05) is 20.8 Å². The van der Waals surface area contributed by atoms with Crippen LogP contribution in [-0.4, -0.2) is 53.8 Å². The Morgan fingerprint density at radius 1 is 1.00 bits per heavy atom. The number of nitro groups is 1. The fourth-order valence-electron chi connectivity index (χ4n) is 3.29. The second-order valence-electron chi connectivity index (χ2n) is 6.80. The van der Waals surface area contributed by atoms with Crippen molar-refractivity contribution in [3.05, 3.63) is 51.5 Å². The van der Waals surface area contributed by atoms with Crippen molar-refractivity contribution < 1.29 is 13.3 Å². The van der Waals surface area contributed by atoms with Crippen molar-refractivity contribution in [2.24, 2.45) is 0 Å². The van der Waals surface area contributed by atoms with Crippen molar-refractivity contribution in [2.75, 3.05) is 31.1 Å². The summed E-state index contributed by atoms with van der Waals surface area (Å²) in [4.78, 5) is 21.3. The van der Waals surface area contributed by atoms with E-state index in [9.17, 15) is 18.5 Å². The molecule has 1 aromatic heterocycles. The monoisotopic (exact) mass is 405 g/mol. The minimum absolute atomic E-state index is 0.0662. The number of anilines is 1. The summed E-state index contributed by atoms with van der Waals surface area (Å²) in [5.74, 6) is 1.54. The van der Waals surface area contributed by atoms with Crippen molar-refractivity contribution in [1.82, 2.24) is 14.3 Å². The number of nitro benzene ring substituents is 1. The molecule has 0 aliphatic carbocycles. The molecule has 1 aliphatic rings. The number of aromatic nitrogens is 2. The normalized spacial score (nSPS) is 16.0. The fourth-order valence-corrected chi connectivity index (χ4v) is 4.76. The third-order valence-electron chi connectivity index (χ3n) is 4.92. The highest BCUT2D eigenvalue weighted by atomic mass is 32.2. The Bertz CT molecular complexity index is 992. The molecule has 10 heteroatoms. The van der Waals surface area contributed by atoms with Gasteiger partial charge in [0.05, 0.1) is 9.82 Å². The Morgan fingerprint density at radius 3 is 2.32 bits per heavy atom. The number of benzene rings is 1. The van der Waals surface area contributed by atoms with E-state index in [-0.39, 0.29) is 10.6 Å². The maximum Gasteiger partial charge on any atom is 0.269 e. The van der Waals surface area contributed by atoms with Gasteiger partial charge in [0, 0.05) is 49.6 Å². The number of aryl methyl sites for hydroxylation is 2. The first-order valence-electron chi connectivity index (χ1n) is 9.01. The van der Waals surface area contributed by atoms with E-state index in [0.29, 0.717) is 38.4 Å². The minimum atomic E-state index is -3.71. The fraction of sp³-hybridized carbons (Fsp3) is 0.444. The molecule has 9 nitrogen and oxygen atoms in total. The smallest absolute Gasteiger partial charge is 0.269 e. The molecular weight excluding hydrogens is 382 g/mol. The van der Waals surface area contributed by atoms with Crippen molar-refractivity contribution in [1.29, 1.82) is 0 Å². The number of hydrogen-bond acceptors (Lipinski definition) is 7. The second kappa shape index (κ2) is 7.80. The molecule has 0 N–H and O–H groups in total. The molecule has 2 aromatic rings. The van der Waals surface area contributed by atoms with Crippen LogP contribution >= 0.6 is 0 Å². The quantitative estimate of drug-likeness (QED) is 0.566. The third-order valence-corrected chi connectivity index (χ3v) is 6.83. The molecule has 150 valence electrons. The molecule has 0 bridgehead atoms. The van der Waals surface area contributed by atoms with E-state index in [1.54, 1.807) is 0 Å². The highest BCUT2D eigenvalue weighted by Gasteiger charge is 2.28. The predicted molar refractivity (Wildman–Crippen MR) is 105 cm³/mol. The van der Waals surface area contributed by atoms with Crippen LogP contribution in [0.15, 0.2) is 29.2 Å². The maximum absolute atomic E-state index is 13.0. The summed E-state index contributed by atoms with van der Waals surface area (Å²) in [6, 6.07) is 5.01. The van der Waals surface area contributed by atoms with Crippen molar-refractivity contribution in [3.8, 4) is 0 Å². The Morgan fingerprint density at radius 2 is 1.68 bits per heavy atom. The number of non-ortho nitro benzene ring substituents is 1. The van der Waals surface area contributed by atoms with E-state index >= 15 is 0 Å². The van der Waals surface area contributed by atoms with E-state index < -0.39 is 14.9 Å². The molecule has 1 saturated heterocycles. The van der Waals surface area contributed by atoms with Gasteiger partial charge in [0.2, 0.25) is 10.0 Å². The average Bonchev–Trinajstić information content (AvgIpc) is 2.91. The number of nitrogens with zero attached hydrogens (tertiary/aromatic N) is 5. The van der Waals surface area contributed by atoms with E-state index in [4.69, 9.17) is 0 Å². The van der Waals surface area contributed by atoms with Crippen LogP contribution in [0.2, 0.25) is 0 Å². The molecule has 0 radical (unpaired) electrons. The molecule has 0 unspecified atom stereocenters. The van der Waals surface area contributed by atoms with E-state index in [2.05, 4.69) is 14.9 Å². The van der Waals surface area contributed by atoms with Crippen LogP contribution < -0.4 is 4.90 Å². The summed E-state index contributed by atoms with van der Waals surface area (Å²) in [6.45, 7) is 7.68. The van der Waals surface area contributed by atoms with Gasteiger partial charge in [-0.2, -0.15) is 4.31 Å². The van der Waals surface area contributed by atoms with Gasteiger partial charge in [-0.15, -0.1) is 0 Å². The topological polar surface area (TPSA) is 110 Å². The largest absolute Gasteiger partial charge is 0.355 e. The summed E-state index contributed by atoms with van der Waals surface area (Å²) in [7, 11) is -3.71. The standard InChI is InChI=1S/C18H23N5O4S/c1-13-14(2)19-15(3)20-18(13)21-9-4-10-22(12-11-21)28(26,27)17-7-5-16(6-8-17)23(24)25/h5-8H,4,9-12H2,1-3H3. The van der Waals surface area contributed by atoms with Gasteiger partial charge in [0.1, 0.15) is 11.6 Å². The maximum atomic E-state index is 13.0. The summed E-state index contributed by atoms with van der Waals surface area (Å²) in [5, 5.41) is 10.8. The minimum Gasteiger partial charge on any atom is -0.355 e. The average molecular weight is 405 g/mol. The zero-order valence-corrected chi connectivity index (χ0v) is 16.9.